The molecule has 1 fully saturated rings. The predicted molar refractivity (Wildman–Crippen MR) is 99.1 cm³/mol. The zero-order valence-corrected chi connectivity index (χ0v) is 15.6. The second-order valence-electron chi connectivity index (χ2n) is 6.23. The maximum Gasteiger partial charge on any atom is 0.331 e. The lowest BCUT2D eigenvalue weighted by molar-refractivity contribution is -0.144. The van der Waals surface area contributed by atoms with E-state index >= 15 is 0 Å². The van der Waals surface area contributed by atoms with Crippen LogP contribution in [0.15, 0.2) is 24.3 Å². The molecule has 0 spiro atoms. The van der Waals surface area contributed by atoms with E-state index in [9.17, 15) is 14.9 Å². The highest BCUT2D eigenvalue weighted by molar-refractivity contribution is 5.89. The number of hydrogen-bond donors (Lipinski definition) is 1. The molecule has 7 nitrogen and oxygen atoms in total. The zero-order valence-electron chi connectivity index (χ0n) is 15.6. The minimum absolute atomic E-state index is 0.417. The van der Waals surface area contributed by atoms with Crippen LogP contribution in [-0.4, -0.2) is 37.7 Å². The van der Waals surface area contributed by atoms with Crippen molar-refractivity contribution in [1.82, 2.24) is 5.32 Å². The second-order valence-corrected chi connectivity index (χ2v) is 6.23. The Hall–Kier alpha value is -3.01. The number of nitrogens with one attached hydrogen (secondary N) is 1. The van der Waals surface area contributed by atoms with Crippen molar-refractivity contribution in [2.75, 3.05) is 20.3 Å². The number of esters is 1. The molecule has 0 aliphatic heterocycles. The van der Waals surface area contributed by atoms with Crippen molar-refractivity contribution in [1.29, 1.82) is 5.26 Å². The van der Waals surface area contributed by atoms with Gasteiger partial charge < -0.3 is 19.5 Å². The summed E-state index contributed by atoms with van der Waals surface area (Å²) in [5.41, 5.74) is -0.0934. The van der Waals surface area contributed by atoms with Gasteiger partial charge in [0.05, 0.1) is 19.8 Å². The fourth-order valence-electron chi connectivity index (χ4n) is 2.96. The third kappa shape index (κ3) is 5.74. The number of nitriles is 1. The number of methoxy groups -OCH3 is 1. The number of nitrogens with zero attached hydrogens (tertiary/aromatic N) is 1. The van der Waals surface area contributed by atoms with E-state index in [1.807, 2.05) is 6.92 Å². The van der Waals surface area contributed by atoms with Crippen LogP contribution in [0.25, 0.3) is 6.08 Å². The van der Waals surface area contributed by atoms with Gasteiger partial charge in [0.2, 0.25) is 0 Å². The van der Waals surface area contributed by atoms with Crippen LogP contribution in [0.2, 0.25) is 0 Å². The molecule has 1 saturated carbocycles. The molecule has 1 N–H and O–H groups in total. The number of carbonyl (C=O) groups is 2. The fraction of sp³-hybridized carbons (Fsp3) is 0.450. The lowest BCUT2D eigenvalue weighted by atomic mass is 10.00. The van der Waals surface area contributed by atoms with E-state index in [0.29, 0.717) is 30.9 Å². The minimum Gasteiger partial charge on any atom is -0.493 e. The minimum atomic E-state index is -0.821. The topological polar surface area (TPSA) is 97.6 Å². The third-order valence-electron chi connectivity index (χ3n) is 4.29. The van der Waals surface area contributed by atoms with Crippen LogP contribution in [0.4, 0.5) is 0 Å². The highest BCUT2D eigenvalue weighted by atomic mass is 16.5. The Morgan fingerprint density at radius 1 is 1.30 bits per heavy atom. The first-order chi connectivity index (χ1) is 13.0. The molecule has 0 radical (unpaired) electrons. The summed E-state index contributed by atoms with van der Waals surface area (Å²) >= 11 is 0. The summed E-state index contributed by atoms with van der Waals surface area (Å²) in [5, 5.41) is 11.9. The Bertz CT molecular complexity index is 745. The van der Waals surface area contributed by atoms with Crippen LogP contribution in [0.1, 0.15) is 38.2 Å². The van der Waals surface area contributed by atoms with Crippen molar-refractivity contribution in [2.45, 2.75) is 38.1 Å². The molecular formula is C20H24N2O5. The van der Waals surface area contributed by atoms with E-state index in [-0.39, 0.29) is 0 Å². The summed E-state index contributed by atoms with van der Waals surface area (Å²) in [5.74, 6) is 0.0678. The summed E-state index contributed by atoms with van der Waals surface area (Å²) in [6, 6.07) is 7.43. The molecule has 0 atom stereocenters. The molecule has 1 aromatic rings. The maximum atomic E-state index is 11.9. The number of ether oxygens (including phenoxy) is 3. The Balaban J connectivity index is 1.86. The van der Waals surface area contributed by atoms with E-state index in [1.54, 1.807) is 24.3 Å². The average Bonchev–Trinajstić information content (AvgIpc) is 3.14. The van der Waals surface area contributed by atoms with Crippen molar-refractivity contribution in [3.63, 3.8) is 0 Å². The van der Waals surface area contributed by atoms with Gasteiger partial charge in [-0.3, -0.25) is 4.79 Å². The molecule has 0 aromatic heterocycles. The van der Waals surface area contributed by atoms with Gasteiger partial charge in [-0.2, -0.15) is 5.26 Å². The first-order valence-corrected chi connectivity index (χ1v) is 8.90. The molecular weight excluding hydrogens is 348 g/mol. The van der Waals surface area contributed by atoms with Crippen molar-refractivity contribution >= 4 is 18.0 Å². The molecule has 0 unspecified atom stereocenters. The van der Waals surface area contributed by atoms with E-state index in [2.05, 4.69) is 11.4 Å². The lowest BCUT2D eigenvalue weighted by Crippen LogP contribution is -2.46. The summed E-state index contributed by atoms with van der Waals surface area (Å²) < 4.78 is 15.6. The Morgan fingerprint density at radius 3 is 2.67 bits per heavy atom. The van der Waals surface area contributed by atoms with Crippen LogP contribution < -0.4 is 14.8 Å². The molecule has 1 aliphatic carbocycles. The monoisotopic (exact) mass is 372 g/mol. The number of carbonyl (C=O) groups excluding carboxylic acids is 2. The van der Waals surface area contributed by atoms with Gasteiger partial charge in [0.1, 0.15) is 5.54 Å². The van der Waals surface area contributed by atoms with Crippen molar-refractivity contribution in [2.24, 2.45) is 0 Å². The van der Waals surface area contributed by atoms with Gasteiger partial charge >= 0.3 is 5.97 Å². The van der Waals surface area contributed by atoms with Crippen molar-refractivity contribution in [3.8, 4) is 17.6 Å². The van der Waals surface area contributed by atoms with Crippen molar-refractivity contribution in [3.05, 3.63) is 29.8 Å². The summed E-state index contributed by atoms with van der Waals surface area (Å²) in [4.78, 5) is 23.8. The van der Waals surface area contributed by atoms with Gasteiger partial charge in [-0.25, -0.2) is 4.79 Å². The van der Waals surface area contributed by atoms with Gasteiger partial charge in [0, 0.05) is 6.08 Å². The summed E-state index contributed by atoms with van der Waals surface area (Å²) in [6.45, 7) is 1.98. The van der Waals surface area contributed by atoms with Gasteiger partial charge in [-0.05, 0) is 56.4 Å². The predicted octanol–water partition coefficient (Wildman–Crippen LogP) is 2.60. The van der Waals surface area contributed by atoms with Gasteiger partial charge in [-0.1, -0.05) is 6.07 Å². The van der Waals surface area contributed by atoms with Gasteiger partial charge in [0.25, 0.3) is 5.91 Å². The molecule has 1 amide bonds. The highest BCUT2D eigenvalue weighted by Gasteiger charge is 2.35. The molecule has 0 bridgehead atoms. The smallest absolute Gasteiger partial charge is 0.331 e. The van der Waals surface area contributed by atoms with Crippen LogP contribution in [0.3, 0.4) is 0 Å². The molecule has 1 aromatic carbocycles. The average molecular weight is 372 g/mol. The van der Waals surface area contributed by atoms with Gasteiger partial charge in [-0.15, -0.1) is 0 Å². The molecule has 0 saturated heterocycles. The first kappa shape index (κ1) is 20.3. The molecule has 144 valence electrons. The second kappa shape index (κ2) is 9.62. The highest BCUT2D eigenvalue weighted by Crippen LogP contribution is 2.29. The van der Waals surface area contributed by atoms with Crippen LogP contribution in [0.5, 0.6) is 11.5 Å². The van der Waals surface area contributed by atoms with E-state index in [0.717, 1.165) is 18.4 Å². The summed E-state index contributed by atoms with van der Waals surface area (Å²) in [7, 11) is 1.54. The van der Waals surface area contributed by atoms with Crippen molar-refractivity contribution < 1.29 is 23.8 Å². The Labute approximate surface area is 158 Å². The van der Waals surface area contributed by atoms with E-state index in [4.69, 9.17) is 14.2 Å². The zero-order chi connectivity index (χ0) is 19.7. The van der Waals surface area contributed by atoms with E-state index < -0.39 is 24.0 Å². The fourth-order valence-corrected chi connectivity index (χ4v) is 2.96. The van der Waals surface area contributed by atoms with Crippen LogP contribution in [-0.2, 0) is 14.3 Å². The lowest BCUT2D eigenvalue weighted by Gasteiger charge is -2.21. The number of amides is 1. The summed E-state index contributed by atoms with van der Waals surface area (Å²) in [6.07, 6.45) is 5.86. The number of benzene rings is 1. The molecule has 2 rings (SSSR count). The quantitative estimate of drug-likeness (QED) is 0.556. The first-order valence-electron chi connectivity index (χ1n) is 8.90. The maximum absolute atomic E-state index is 11.9. The standard InChI is InChI=1S/C20H24N2O5/c1-3-26-16-8-6-15(12-17(16)25-2)7-9-19(24)27-13-18(23)22-20(14-21)10-4-5-11-20/h6-9,12H,3-5,10-11,13H2,1-2H3,(H,22,23)/b9-7+. The Morgan fingerprint density at radius 2 is 2.04 bits per heavy atom. The normalized spacial score (nSPS) is 15.1. The van der Waals surface area contributed by atoms with Crippen LogP contribution in [0, 0.1) is 11.3 Å². The number of rotatable bonds is 8. The van der Waals surface area contributed by atoms with Gasteiger partial charge in [0.15, 0.2) is 18.1 Å². The Kier molecular flexibility index (Phi) is 7.24. The third-order valence-corrected chi connectivity index (χ3v) is 4.29. The van der Waals surface area contributed by atoms with E-state index in [1.165, 1.54) is 13.2 Å². The number of hydrogen-bond acceptors (Lipinski definition) is 6. The molecule has 1 aliphatic rings. The molecule has 0 heterocycles. The molecule has 27 heavy (non-hydrogen) atoms. The molecule has 7 heteroatoms. The SMILES string of the molecule is CCOc1ccc(/C=C/C(=O)OCC(=O)NC2(C#N)CCCC2)cc1OC. The largest absolute Gasteiger partial charge is 0.493 e. The van der Waals surface area contributed by atoms with Crippen LogP contribution >= 0.6 is 0 Å².